The minimum Gasteiger partial charge on any atom is -0.408 e. The normalized spacial score (nSPS) is 14.5. The molecule has 0 unspecified atom stereocenters. The van der Waals surface area contributed by atoms with Gasteiger partial charge >= 0.3 is 6.09 Å². The Morgan fingerprint density at radius 1 is 1.32 bits per heavy atom. The fourth-order valence-corrected chi connectivity index (χ4v) is 3.16. The van der Waals surface area contributed by atoms with Crippen molar-refractivity contribution >= 4 is 17.0 Å². The van der Waals surface area contributed by atoms with E-state index in [1.54, 1.807) is 11.1 Å². The standard InChI is InChI=1S/C20H23N3O2/c1-3-12-22(2)15-16-9-10-18(19-17(16)8-7-11-21-19)25-20(24)23-13-5-4-6-14-23/h1,7-11H,4-6,12-15H2,2H3. The average molecular weight is 337 g/mol. The van der Waals surface area contributed by atoms with Crippen molar-refractivity contribution in [3.63, 3.8) is 0 Å². The molecule has 25 heavy (non-hydrogen) atoms. The maximum Gasteiger partial charge on any atom is 0.415 e. The molecule has 0 saturated carbocycles. The first-order valence-corrected chi connectivity index (χ1v) is 8.64. The molecule has 1 aliphatic heterocycles. The van der Waals surface area contributed by atoms with Crippen LogP contribution in [-0.2, 0) is 6.54 Å². The molecule has 2 aromatic rings. The fraction of sp³-hybridized carbons (Fsp3) is 0.400. The molecule has 1 fully saturated rings. The molecule has 0 aliphatic carbocycles. The van der Waals surface area contributed by atoms with Gasteiger partial charge in [0, 0.05) is 31.2 Å². The van der Waals surface area contributed by atoms with Crippen LogP contribution in [0.4, 0.5) is 4.79 Å². The van der Waals surface area contributed by atoms with Gasteiger partial charge in [-0.25, -0.2) is 4.79 Å². The number of hydrogen-bond acceptors (Lipinski definition) is 4. The van der Waals surface area contributed by atoms with Crippen LogP contribution in [0.3, 0.4) is 0 Å². The number of ether oxygens (including phenoxy) is 1. The van der Waals surface area contributed by atoms with Crippen LogP contribution >= 0.6 is 0 Å². The van der Waals surface area contributed by atoms with Gasteiger partial charge in [0.2, 0.25) is 0 Å². The van der Waals surface area contributed by atoms with Crippen LogP contribution in [-0.4, -0.2) is 47.6 Å². The van der Waals surface area contributed by atoms with Gasteiger partial charge < -0.3 is 9.64 Å². The number of amides is 1. The van der Waals surface area contributed by atoms with Gasteiger partial charge in [-0.1, -0.05) is 18.1 Å². The zero-order chi connectivity index (χ0) is 17.6. The van der Waals surface area contributed by atoms with Crippen molar-refractivity contribution < 1.29 is 9.53 Å². The van der Waals surface area contributed by atoms with E-state index in [0.717, 1.165) is 36.9 Å². The molecule has 0 spiro atoms. The maximum atomic E-state index is 12.4. The summed E-state index contributed by atoms with van der Waals surface area (Å²) in [6.07, 6.45) is 10.1. The van der Waals surface area contributed by atoms with Crippen molar-refractivity contribution in [1.29, 1.82) is 0 Å². The number of hydrogen-bond donors (Lipinski definition) is 0. The second kappa shape index (κ2) is 8.00. The molecule has 1 amide bonds. The largest absolute Gasteiger partial charge is 0.415 e. The van der Waals surface area contributed by atoms with Gasteiger partial charge in [0.05, 0.1) is 6.54 Å². The minimum atomic E-state index is -0.288. The monoisotopic (exact) mass is 337 g/mol. The Morgan fingerprint density at radius 3 is 2.88 bits per heavy atom. The molecule has 1 saturated heterocycles. The summed E-state index contributed by atoms with van der Waals surface area (Å²) in [6.45, 7) is 2.82. The Kier molecular flexibility index (Phi) is 5.52. The van der Waals surface area contributed by atoms with Gasteiger partial charge in [-0.2, -0.15) is 0 Å². The number of pyridine rings is 1. The first-order valence-electron chi connectivity index (χ1n) is 8.64. The molecule has 130 valence electrons. The predicted octanol–water partition coefficient (Wildman–Crippen LogP) is 3.28. The molecule has 5 heteroatoms. The highest BCUT2D eigenvalue weighted by Crippen LogP contribution is 2.28. The summed E-state index contributed by atoms with van der Waals surface area (Å²) >= 11 is 0. The molecule has 0 atom stereocenters. The van der Waals surface area contributed by atoms with Crippen LogP contribution in [0, 0.1) is 12.3 Å². The number of aromatic nitrogens is 1. The summed E-state index contributed by atoms with van der Waals surface area (Å²) in [5.41, 5.74) is 1.82. The zero-order valence-corrected chi connectivity index (χ0v) is 14.6. The van der Waals surface area contributed by atoms with Crippen LogP contribution in [0.25, 0.3) is 10.9 Å². The summed E-state index contributed by atoms with van der Waals surface area (Å²) in [4.78, 5) is 20.7. The number of rotatable bonds is 4. The molecular formula is C20H23N3O2. The number of nitrogens with zero attached hydrogens (tertiary/aromatic N) is 3. The molecule has 1 aromatic heterocycles. The summed E-state index contributed by atoms with van der Waals surface area (Å²) in [7, 11) is 1.98. The van der Waals surface area contributed by atoms with Crippen molar-refractivity contribution in [2.24, 2.45) is 0 Å². The van der Waals surface area contributed by atoms with E-state index in [9.17, 15) is 4.79 Å². The molecule has 0 N–H and O–H groups in total. The Bertz CT molecular complexity index is 791. The molecule has 2 heterocycles. The van der Waals surface area contributed by atoms with Gasteiger partial charge in [0.25, 0.3) is 0 Å². The van der Waals surface area contributed by atoms with E-state index in [2.05, 4.69) is 15.8 Å². The van der Waals surface area contributed by atoms with Crippen LogP contribution in [0.15, 0.2) is 30.5 Å². The number of terminal acetylenes is 1. The van der Waals surface area contributed by atoms with Crippen molar-refractivity contribution in [3.8, 4) is 18.1 Å². The third kappa shape index (κ3) is 4.09. The van der Waals surface area contributed by atoms with E-state index in [1.807, 2.05) is 31.3 Å². The minimum absolute atomic E-state index is 0.288. The number of carbonyl (C=O) groups excluding carboxylic acids is 1. The first-order chi connectivity index (χ1) is 12.2. The SMILES string of the molecule is C#CCN(C)Cc1ccc(OC(=O)N2CCCCC2)c2ncccc12. The summed E-state index contributed by atoms with van der Waals surface area (Å²) in [5, 5.41) is 0.982. The van der Waals surface area contributed by atoms with E-state index < -0.39 is 0 Å². The second-order valence-corrected chi connectivity index (χ2v) is 6.41. The third-order valence-corrected chi connectivity index (χ3v) is 4.44. The number of piperidine rings is 1. The highest BCUT2D eigenvalue weighted by molar-refractivity contribution is 5.89. The van der Waals surface area contributed by atoms with E-state index in [1.165, 1.54) is 6.42 Å². The molecule has 3 rings (SSSR count). The molecule has 0 bridgehead atoms. The topological polar surface area (TPSA) is 45.7 Å². The molecule has 1 aliphatic rings. The smallest absolute Gasteiger partial charge is 0.408 e. The highest BCUT2D eigenvalue weighted by Gasteiger charge is 2.20. The third-order valence-electron chi connectivity index (χ3n) is 4.44. The fourth-order valence-electron chi connectivity index (χ4n) is 3.16. The molecular weight excluding hydrogens is 314 g/mol. The zero-order valence-electron chi connectivity index (χ0n) is 14.6. The number of likely N-dealkylation sites (tertiary alicyclic amines) is 1. The van der Waals surface area contributed by atoms with E-state index in [0.29, 0.717) is 24.4 Å². The maximum absolute atomic E-state index is 12.4. The first kappa shape index (κ1) is 17.2. The summed E-state index contributed by atoms with van der Waals surface area (Å²) < 4.78 is 5.65. The summed E-state index contributed by atoms with van der Waals surface area (Å²) in [6, 6.07) is 7.70. The van der Waals surface area contributed by atoms with Gasteiger partial charge in [0.1, 0.15) is 5.52 Å². The van der Waals surface area contributed by atoms with Crippen molar-refractivity contribution in [2.75, 3.05) is 26.7 Å². The van der Waals surface area contributed by atoms with Gasteiger partial charge in [0.15, 0.2) is 5.75 Å². The quantitative estimate of drug-likeness (QED) is 0.803. The van der Waals surface area contributed by atoms with Gasteiger partial charge in [-0.3, -0.25) is 9.88 Å². The van der Waals surface area contributed by atoms with Gasteiger partial charge in [-0.05, 0) is 44.0 Å². The Labute approximate surface area is 148 Å². The lowest BCUT2D eigenvalue weighted by molar-refractivity contribution is 0.143. The van der Waals surface area contributed by atoms with E-state index in [4.69, 9.17) is 11.2 Å². The lowest BCUT2D eigenvalue weighted by Crippen LogP contribution is -2.37. The van der Waals surface area contributed by atoms with Gasteiger partial charge in [-0.15, -0.1) is 6.42 Å². The van der Waals surface area contributed by atoms with Crippen LogP contribution in [0.5, 0.6) is 5.75 Å². The number of benzene rings is 1. The van der Waals surface area contributed by atoms with E-state index >= 15 is 0 Å². The lowest BCUT2D eigenvalue weighted by atomic mass is 10.1. The van der Waals surface area contributed by atoms with Crippen molar-refractivity contribution in [3.05, 3.63) is 36.0 Å². The number of carbonyl (C=O) groups is 1. The summed E-state index contributed by atoms with van der Waals surface area (Å²) in [5.74, 6) is 3.15. The second-order valence-electron chi connectivity index (χ2n) is 6.41. The average Bonchev–Trinajstić information content (AvgIpc) is 2.64. The predicted molar refractivity (Wildman–Crippen MR) is 98.4 cm³/mol. The van der Waals surface area contributed by atoms with Crippen LogP contribution in [0.1, 0.15) is 24.8 Å². The molecule has 1 aromatic carbocycles. The Hall–Kier alpha value is -2.58. The Balaban J connectivity index is 1.84. The van der Waals surface area contributed by atoms with E-state index in [-0.39, 0.29) is 6.09 Å². The van der Waals surface area contributed by atoms with Crippen LogP contribution < -0.4 is 4.74 Å². The van der Waals surface area contributed by atoms with Crippen LogP contribution in [0.2, 0.25) is 0 Å². The highest BCUT2D eigenvalue weighted by atomic mass is 16.6. The number of fused-ring (bicyclic) bond motifs is 1. The van der Waals surface area contributed by atoms with Crippen molar-refractivity contribution in [1.82, 2.24) is 14.8 Å². The Morgan fingerprint density at radius 2 is 2.12 bits per heavy atom. The molecule has 0 radical (unpaired) electrons. The van der Waals surface area contributed by atoms with Crippen molar-refractivity contribution in [2.45, 2.75) is 25.8 Å². The molecule has 5 nitrogen and oxygen atoms in total. The lowest BCUT2D eigenvalue weighted by Gasteiger charge is -2.26.